The lowest BCUT2D eigenvalue weighted by Crippen LogP contribution is -2.49. The van der Waals surface area contributed by atoms with Gasteiger partial charge in [0.1, 0.15) is 6.04 Å². The van der Waals surface area contributed by atoms with Gasteiger partial charge in [0.25, 0.3) is 0 Å². The van der Waals surface area contributed by atoms with Crippen LogP contribution in [0.15, 0.2) is 30.3 Å². The largest absolute Gasteiger partial charge is 0.468 e. The standard InChI is InChI=1S/C19H26N2O7S/c1-26-17(23)10-21(11-18(24)27-2)9-16(22)20-15(19(25)28-3)13-29-12-14-7-5-4-6-8-14/h4-8,15H,9-13H2,1-3H3,(H,20,22). The molecule has 29 heavy (non-hydrogen) atoms. The van der Waals surface area contributed by atoms with E-state index in [0.717, 1.165) is 5.56 Å². The number of nitrogens with zero attached hydrogens (tertiary/aromatic N) is 1. The lowest BCUT2D eigenvalue weighted by Gasteiger charge is -2.21. The first-order chi connectivity index (χ1) is 13.9. The minimum Gasteiger partial charge on any atom is -0.468 e. The summed E-state index contributed by atoms with van der Waals surface area (Å²) in [6, 6.07) is 8.84. The first-order valence-electron chi connectivity index (χ1n) is 8.74. The molecule has 0 aromatic heterocycles. The quantitative estimate of drug-likeness (QED) is 0.371. The zero-order valence-corrected chi connectivity index (χ0v) is 17.5. The summed E-state index contributed by atoms with van der Waals surface area (Å²) in [5.74, 6) is -1.35. The number of methoxy groups -OCH3 is 3. The number of hydrogen-bond donors (Lipinski definition) is 1. The maximum Gasteiger partial charge on any atom is 0.329 e. The molecule has 1 aromatic rings. The topological polar surface area (TPSA) is 111 Å². The molecule has 1 atom stereocenters. The second-order valence-electron chi connectivity index (χ2n) is 5.94. The Labute approximate surface area is 174 Å². The number of esters is 3. The van der Waals surface area contributed by atoms with Crippen molar-refractivity contribution in [2.75, 3.05) is 46.7 Å². The van der Waals surface area contributed by atoms with Gasteiger partial charge in [-0.2, -0.15) is 11.8 Å². The van der Waals surface area contributed by atoms with E-state index in [1.807, 2.05) is 30.3 Å². The van der Waals surface area contributed by atoms with Crippen molar-refractivity contribution in [3.05, 3.63) is 35.9 Å². The van der Waals surface area contributed by atoms with Gasteiger partial charge in [-0.15, -0.1) is 0 Å². The molecule has 0 fully saturated rings. The number of amides is 1. The Bertz CT molecular complexity index is 666. The lowest BCUT2D eigenvalue weighted by molar-refractivity contribution is -0.148. The van der Waals surface area contributed by atoms with Crippen molar-refractivity contribution >= 4 is 35.6 Å². The van der Waals surface area contributed by atoms with E-state index in [2.05, 4.69) is 14.8 Å². The van der Waals surface area contributed by atoms with E-state index in [9.17, 15) is 19.2 Å². The van der Waals surface area contributed by atoms with Crippen LogP contribution in [0.1, 0.15) is 5.56 Å². The summed E-state index contributed by atoms with van der Waals surface area (Å²) in [6.45, 7) is -0.837. The van der Waals surface area contributed by atoms with Crippen LogP contribution in [0.25, 0.3) is 0 Å². The molecule has 1 amide bonds. The third-order valence-corrected chi connectivity index (χ3v) is 4.85. The highest BCUT2D eigenvalue weighted by molar-refractivity contribution is 7.98. The zero-order valence-electron chi connectivity index (χ0n) is 16.7. The lowest BCUT2D eigenvalue weighted by atomic mass is 10.2. The highest BCUT2D eigenvalue weighted by Gasteiger charge is 2.24. The predicted octanol–water partition coefficient (Wildman–Crippen LogP) is 0.226. The normalized spacial score (nSPS) is 11.4. The summed E-state index contributed by atoms with van der Waals surface area (Å²) >= 11 is 1.47. The molecule has 0 saturated heterocycles. The molecule has 0 saturated carbocycles. The Morgan fingerprint density at radius 3 is 2.03 bits per heavy atom. The van der Waals surface area contributed by atoms with Gasteiger partial charge in [-0.3, -0.25) is 19.3 Å². The van der Waals surface area contributed by atoms with E-state index >= 15 is 0 Å². The number of nitrogens with one attached hydrogen (secondary N) is 1. The molecule has 0 aliphatic rings. The predicted molar refractivity (Wildman–Crippen MR) is 107 cm³/mol. The molecule has 0 heterocycles. The molecule has 0 spiro atoms. The molecule has 0 radical (unpaired) electrons. The third kappa shape index (κ3) is 9.95. The Morgan fingerprint density at radius 1 is 0.931 bits per heavy atom. The fourth-order valence-electron chi connectivity index (χ4n) is 2.28. The summed E-state index contributed by atoms with van der Waals surface area (Å²) in [5, 5.41) is 2.59. The van der Waals surface area contributed by atoms with E-state index in [-0.39, 0.29) is 19.6 Å². The molecule has 9 nitrogen and oxygen atoms in total. The molecule has 1 unspecified atom stereocenters. The average Bonchev–Trinajstić information content (AvgIpc) is 2.72. The number of carbonyl (C=O) groups is 4. The molecule has 0 aliphatic carbocycles. The van der Waals surface area contributed by atoms with Gasteiger partial charge < -0.3 is 19.5 Å². The number of hydrogen-bond acceptors (Lipinski definition) is 9. The van der Waals surface area contributed by atoms with Crippen LogP contribution in [-0.2, 0) is 39.1 Å². The number of benzene rings is 1. The minimum atomic E-state index is -0.862. The van der Waals surface area contributed by atoms with Crippen LogP contribution in [0.3, 0.4) is 0 Å². The number of rotatable bonds is 12. The number of carbonyl (C=O) groups excluding carboxylic acids is 4. The first-order valence-corrected chi connectivity index (χ1v) is 9.89. The second kappa shape index (κ2) is 13.6. The van der Waals surface area contributed by atoms with Gasteiger partial charge in [0.2, 0.25) is 5.91 Å². The van der Waals surface area contributed by atoms with Gasteiger partial charge in [0, 0.05) is 11.5 Å². The van der Waals surface area contributed by atoms with Gasteiger partial charge in [-0.1, -0.05) is 30.3 Å². The molecular formula is C19H26N2O7S. The summed E-state index contributed by atoms with van der Waals surface area (Å²) in [4.78, 5) is 48.7. The Balaban J connectivity index is 2.64. The van der Waals surface area contributed by atoms with Crippen LogP contribution in [0.4, 0.5) is 0 Å². The van der Waals surface area contributed by atoms with Crippen molar-refractivity contribution in [1.29, 1.82) is 0 Å². The fraction of sp³-hybridized carbons (Fsp3) is 0.474. The van der Waals surface area contributed by atoms with Crippen molar-refractivity contribution in [1.82, 2.24) is 10.2 Å². The Kier molecular flexibility index (Phi) is 11.4. The van der Waals surface area contributed by atoms with Crippen molar-refractivity contribution < 1.29 is 33.4 Å². The summed E-state index contributed by atoms with van der Waals surface area (Å²) < 4.78 is 13.9. The monoisotopic (exact) mass is 426 g/mol. The van der Waals surface area contributed by atoms with Crippen molar-refractivity contribution in [3.8, 4) is 0 Å². The number of ether oxygens (including phenoxy) is 3. The van der Waals surface area contributed by atoms with Gasteiger partial charge >= 0.3 is 17.9 Å². The SMILES string of the molecule is COC(=O)CN(CC(=O)NC(CSCc1ccccc1)C(=O)OC)CC(=O)OC. The van der Waals surface area contributed by atoms with Crippen molar-refractivity contribution in [3.63, 3.8) is 0 Å². The van der Waals surface area contributed by atoms with Crippen LogP contribution < -0.4 is 5.32 Å². The number of thioether (sulfide) groups is 1. The van der Waals surface area contributed by atoms with E-state index in [0.29, 0.717) is 11.5 Å². The highest BCUT2D eigenvalue weighted by atomic mass is 32.2. The summed E-state index contributed by atoms with van der Waals surface area (Å²) in [7, 11) is 3.65. The maximum atomic E-state index is 12.4. The Morgan fingerprint density at radius 2 is 1.52 bits per heavy atom. The van der Waals surface area contributed by atoms with E-state index in [1.165, 1.54) is 38.0 Å². The van der Waals surface area contributed by atoms with Gasteiger partial charge in [-0.25, -0.2) is 4.79 Å². The van der Waals surface area contributed by atoms with Crippen molar-refractivity contribution in [2.24, 2.45) is 0 Å². The molecule has 0 aliphatic heterocycles. The van der Waals surface area contributed by atoms with Crippen LogP contribution >= 0.6 is 11.8 Å². The third-order valence-electron chi connectivity index (χ3n) is 3.74. The van der Waals surface area contributed by atoms with Crippen LogP contribution in [-0.4, -0.2) is 81.5 Å². The van der Waals surface area contributed by atoms with Crippen LogP contribution in [0.5, 0.6) is 0 Å². The van der Waals surface area contributed by atoms with Crippen molar-refractivity contribution in [2.45, 2.75) is 11.8 Å². The molecule has 1 aromatic carbocycles. The van der Waals surface area contributed by atoms with Crippen LogP contribution in [0.2, 0.25) is 0 Å². The smallest absolute Gasteiger partial charge is 0.329 e. The average molecular weight is 426 g/mol. The Hall–Kier alpha value is -2.59. The highest BCUT2D eigenvalue weighted by Crippen LogP contribution is 2.13. The van der Waals surface area contributed by atoms with E-state index in [1.54, 1.807) is 0 Å². The minimum absolute atomic E-state index is 0.273. The van der Waals surface area contributed by atoms with E-state index < -0.39 is 29.9 Å². The maximum absolute atomic E-state index is 12.4. The molecule has 10 heteroatoms. The van der Waals surface area contributed by atoms with E-state index in [4.69, 9.17) is 4.74 Å². The molecule has 160 valence electrons. The molecular weight excluding hydrogens is 400 g/mol. The van der Waals surface area contributed by atoms with Gasteiger partial charge in [0.15, 0.2) is 0 Å². The molecule has 0 bridgehead atoms. The summed E-state index contributed by atoms with van der Waals surface area (Å²) in [6.07, 6.45) is 0. The first kappa shape index (κ1) is 24.4. The zero-order chi connectivity index (χ0) is 21.6. The fourth-order valence-corrected chi connectivity index (χ4v) is 3.29. The molecule has 1 rings (SSSR count). The molecule has 1 N–H and O–H groups in total. The van der Waals surface area contributed by atoms with Crippen LogP contribution in [0, 0.1) is 0 Å². The second-order valence-corrected chi connectivity index (χ2v) is 6.97. The van der Waals surface area contributed by atoms with Gasteiger partial charge in [0.05, 0.1) is 41.0 Å². The van der Waals surface area contributed by atoms with Gasteiger partial charge in [-0.05, 0) is 5.56 Å². The summed E-state index contributed by atoms with van der Waals surface area (Å²) in [5.41, 5.74) is 1.09.